The van der Waals surface area contributed by atoms with Gasteiger partial charge in [-0.2, -0.15) is 0 Å². The van der Waals surface area contributed by atoms with Gasteiger partial charge in [0, 0.05) is 25.2 Å². The zero-order valence-electron chi connectivity index (χ0n) is 16.2. The van der Waals surface area contributed by atoms with Crippen molar-refractivity contribution < 1.29 is 19.1 Å². The van der Waals surface area contributed by atoms with Gasteiger partial charge in [0.15, 0.2) is 0 Å². The second-order valence-electron chi connectivity index (χ2n) is 7.04. The number of nitrogens with one attached hydrogen (secondary N) is 3. The summed E-state index contributed by atoms with van der Waals surface area (Å²) in [4.78, 5) is 36.4. The summed E-state index contributed by atoms with van der Waals surface area (Å²) in [5, 5.41) is 10.0. The zero-order chi connectivity index (χ0) is 20.6. The molecule has 0 spiro atoms. The summed E-state index contributed by atoms with van der Waals surface area (Å²) in [7, 11) is 0. The maximum absolute atomic E-state index is 12.2. The third-order valence-corrected chi connectivity index (χ3v) is 4.38. The highest BCUT2D eigenvalue weighted by molar-refractivity contribution is 7.12. The first kappa shape index (κ1) is 21.4. The molecule has 0 saturated heterocycles. The molecule has 2 aromatic rings. The first-order chi connectivity index (χ1) is 13.2. The van der Waals surface area contributed by atoms with Crippen molar-refractivity contribution in [2.45, 2.75) is 39.3 Å². The van der Waals surface area contributed by atoms with Crippen LogP contribution in [-0.4, -0.2) is 30.1 Å². The van der Waals surface area contributed by atoms with E-state index in [1.54, 1.807) is 32.9 Å². The largest absolute Gasteiger partial charge is 0.444 e. The Bertz CT molecular complexity index is 813. The van der Waals surface area contributed by atoms with Gasteiger partial charge in [-0.1, -0.05) is 24.3 Å². The summed E-state index contributed by atoms with van der Waals surface area (Å²) < 4.78 is 5.11. The lowest BCUT2D eigenvalue weighted by Gasteiger charge is -2.19. The third kappa shape index (κ3) is 7.40. The molecule has 1 aromatic carbocycles. The van der Waals surface area contributed by atoms with Crippen LogP contribution in [0, 0.1) is 0 Å². The molecule has 28 heavy (non-hydrogen) atoms. The predicted molar refractivity (Wildman–Crippen MR) is 109 cm³/mol. The van der Waals surface area contributed by atoms with Gasteiger partial charge in [-0.3, -0.25) is 9.59 Å². The fraction of sp³-hybridized carbons (Fsp3) is 0.350. The van der Waals surface area contributed by atoms with Crippen molar-refractivity contribution in [2.24, 2.45) is 0 Å². The number of anilines is 1. The van der Waals surface area contributed by atoms with Crippen LogP contribution in [0.3, 0.4) is 0 Å². The van der Waals surface area contributed by atoms with Crippen molar-refractivity contribution >= 4 is 34.9 Å². The topological polar surface area (TPSA) is 96.5 Å². The van der Waals surface area contributed by atoms with Crippen molar-refractivity contribution in [2.75, 3.05) is 11.9 Å². The van der Waals surface area contributed by atoms with Crippen molar-refractivity contribution in [3.05, 3.63) is 52.2 Å². The number of hydrogen-bond donors (Lipinski definition) is 3. The van der Waals surface area contributed by atoms with Crippen LogP contribution >= 0.6 is 11.3 Å². The fourth-order valence-corrected chi connectivity index (χ4v) is 2.88. The standard InChI is InChI=1S/C20H25N3O4S/c1-20(2,3)27-19(26)21-11-10-17(24)22-13-14-7-4-5-8-15(14)23-18(25)16-9-6-12-28-16/h4-9,12H,10-11,13H2,1-3H3,(H,21,26)(H,22,24)(H,23,25). The Morgan fingerprint density at radius 2 is 1.79 bits per heavy atom. The van der Waals surface area contributed by atoms with Crippen LogP contribution in [0.4, 0.5) is 10.5 Å². The lowest BCUT2D eigenvalue weighted by atomic mass is 10.1. The molecule has 3 N–H and O–H groups in total. The van der Waals surface area contributed by atoms with Crippen LogP contribution in [-0.2, 0) is 16.1 Å². The molecule has 7 nitrogen and oxygen atoms in total. The molecule has 8 heteroatoms. The lowest BCUT2D eigenvalue weighted by Crippen LogP contribution is -2.35. The minimum atomic E-state index is -0.580. The quantitative estimate of drug-likeness (QED) is 0.659. The van der Waals surface area contributed by atoms with Gasteiger partial charge < -0.3 is 20.7 Å². The first-order valence-corrected chi connectivity index (χ1v) is 9.79. The number of carbonyl (C=O) groups is 3. The van der Waals surface area contributed by atoms with Crippen LogP contribution in [0.25, 0.3) is 0 Å². The van der Waals surface area contributed by atoms with E-state index in [0.29, 0.717) is 10.6 Å². The Kier molecular flexibility index (Phi) is 7.57. The maximum Gasteiger partial charge on any atom is 0.407 e. The Morgan fingerprint density at radius 1 is 1.04 bits per heavy atom. The molecule has 0 aliphatic rings. The summed E-state index contributed by atoms with van der Waals surface area (Å²) in [6.45, 7) is 5.76. The lowest BCUT2D eigenvalue weighted by molar-refractivity contribution is -0.121. The number of alkyl carbamates (subject to hydrolysis) is 1. The number of carbonyl (C=O) groups excluding carboxylic acids is 3. The summed E-state index contributed by atoms with van der Waals surface area (Å²) in [6, 6.07) is 10.9. The molecule has 3 amide bonds. The fourth-order valence-electron chi connectivity index (χ4n) is 2.26. The number of para-hydroxylation sites is 1. The summed E-state index contributed by atoms with van der Waals surface area (Å²) in [5.74, 6) is -0.397. The van der Waals surface area contributed by atoms with Gasteiger partial charge in [0.1, 0.15) is 5.60 Å². The van der Waals surface area contributed by atoms with Crippen molar-refractivity contribution in [3.63, 3.8) is 0 Å². The van der Waals surface area contributed by atoms with E-state index in [4.69, 9.17) is 4.74 Å². The molecule has 0 bridgehead atoms. The second-order valence-corrected chi connectivity index (χ2v) is 7.99. The van der Waals surface area contributed by atoms with E-state index in [-0.39, 0.29) is 31.3 Å². The highest BCUT2D eigenvalue weighted by atomic mass is 32.1. The Balaban J connectivity index is 1.80. The third-order valence-electron chi connectivity index (χ3n) is 3.51. The van der Waals surface area contributed by atoms with Gasteiger partial charge in [0.2, 0.25) is 5.91 Å². The van der Waals surface area contributed by atoms with Gasteiger partial charge in [0.05, 0.1) is 4.88 Å². The SMILES string of the molecule is CC(C)(C)OC(=O)NCCC(=O)NCc1ccccc1NC(=O)c1cccs1. The van der Waals surface area contributed by atoms with Crippen LogP contribution in [0.5, 0.6) is 0 Å². The van der Waals surface area contributed by atoms with Crippen LogP contribution < -0.4 is 16.0 Å². The minimum absolute atomic E-state index is 0.128. The monoisotopic (exact) mass is 403 g/mol. The van der Waals surface area contributed by atoms with E-state index in [2.05, 4.69) is 16.0 Å². The average molecular weight is 404 g/mol. The molecule has 0 radical (unpaired) electrons. The highest BCUT2D eigenvalue weighted by Gasteiger charge is 2.16. The minimum Gasteiger partial charge on any atom is -0.444 e. The van der Waals surface area contributed by atoms with Gasteiger partial charge in [-0.25, -0.2) is 4.79 Å². The number of ether oxygens (including phenoxy) is 1. The number of benzene rings is 1. The van der Waals surface area contributed by atoms with E-state index in [1.807, 2.05) is 29.6 Å². The average Bonchev–Trinajstić information content (AvgIpc) is 3.14. The van der Waals surface area contributed by atoms with E-state index in [1.165, 1.54) is 11.3 Å². The Labute approximate surface area is 168 Å². The molecule has 2 rings (SSSR count). The molecular weight excluding hydrogens is 378 g/mol. The molecule has 1 aromatic heterocycles. The molecule has 0 fully saturated rings. The molecule has 1 heterocycles. The van der Waals surface area contributed by atoms with Crippen molar-refractivity contribution in [1.82, 2.24) is 10.6 Å². The molecular formula is C20H25N3O4S. The normalized spacial score (nSPS) is 10.8. The smallest absolute Gasteiger partial charge is 0.407 e. The van der Waals surface area contributed by atoms with Crippen LogP contribution in [0.1, 0.15) is 42.4 Å². The van der Waals surface area contributed by atoms with Gasteiger partial charge in [0.25, 0.3) is 5.91 Å². The molecule has 150 valence electrons. The summed E-state index contributed by atoms with van der Waals surface area (Å²) in [5.41, 5.74) is 0.859. The van der Waals surface area contributed by atoms with Gasteiger partial charge >= 0.3 is 6.09 Å². The van der Waals surface area contributed by atoms with Crippen molar-refractivity contribution in [3.8, 4) is 0 Å². The van der Waals surface area contributed by atoms with E-state index < -0.39 is 11.7 Å². The zero-order valence-corrected chi connectivity index (χ0v) is 17.0. The predicted octanol–water partition coefficient (Wildman–Crippen LogP) is 3.53. The molecule has 0 aliphatic heterocycles. The summed E-state index contributed by atoms with van der Waals surface area (Å²) in [6.07, 6.45) is -0.426. The highest BCUT2D eigenvalue weighted by Crippen LogP contribution is 2.17. The van der Waals surface area contributed by atoms with E-state index in [9.17, 15) is 14.4 Å². The maximum atomic E-state index is 12.2. The Morgan fingerprint density at radius 3 is 2.46 bits per heavy atom. The van der Waals surface area contributed by atoms with E-state index >= 15 is 0 Å². The molecule has 0 atom stereocenters. The van der Waals surface area contributed by atoms with Gasteiger partial charge in [-0.05, 0) is 43.8 Å². The number of thiophene rings is 1. The summed E-state index contributed by atoms with van der Waals surface area (Å²) >= 11 is 1.36. The van der Waals surface area contributed by atoms with Crippen LogP contribution in [0.15, 0.2) is 41.8 Å². The Hall–Kier alpha value is -2.87. The number of rotatable bonds is 7. The number of amides is 3. The molecule has 0 unspecified atom stereocenters. The molecule has 0 aliphatic carbocycles. The number of hydrogen-bond acceptors (Lipinski definition) is 5. The second kappa shape index (κ2) is 9.89. The first-order valence-electron chi connectivity index (χ1n) is 8.91. The van der Waals surface area contributed by atoms with Crippen LogP contribution in [0.2, 0.25) is 0 Å². The van der Waals surface area contributed by atoms with Gasteiger partial charge in [-0.15, -0.1) is 11.3 Å². The molecule has 0 saturated carbocycles. The van der Waals surface area contributed by atoms with Crippen molar-refractivity contribution in [1.29, 1.82) is 0 Å². The van der Waals surface area contributed by atoms with E-state index in [0.717, 1.165) is 5.56 Å².